The van der Waals surface area contributed by atoms with Gasteiger partial charge in [0, 0.05) is 18.2 Å². The second-order valence-corrected chi connectivity index (χ2v) is 2.90. The van der Waals surface area contributed by atoms with Crippen LogP contribution in [0.4, 0.5) is 5.69 Å². The molecule has 4 nitrogen and oxygen atoms in total. The quantitative estimate of drug-likeness (QED) is 0.557. The van der Waals surface area contributed by atoms with Gasteiger partial charge in [-0.15, -0.1) is 0 Å². The Bertz CT molecular complexity index is 327. The number of hydrogen-bond acceptors (Lipinski definition) is 3. The molecule has 1 aromatic rings. The van der Waals surface area contributed by atoms with Gasteiger partial charge in [0.1, 0.15) is 0 Å². The third-order valence-electron chi connectivity index (χ3n) is 1.54. The molecule has 0 atom stereocenters. The van der Waals surface area contributed by atoms with Gasteiger partial charge in [-0.05, 0) is 12.1 Å². The van der Waals surface area contributed by atoms with Gasteiger partial charge in [-0.25, -0.2) is 0 Å². The zero-order valence-electron chi connectivity index (χ0n) is 6.99. The summed E-state index contributed by atoms with van der Waals surface area (Å²) in [5.74, 6) is 0. The number of nitro benzene ring substituents is 1. The van der Waals surface area contributed by atoms with Gasteiger partial charge in [0.2, 0.25) is 0 Å². The molecule has 0 amide bonds. The van der Waals surface area contributed by atoms with E-state index in [0.717, 1.165) is 0 Å². The van der Waals surface area contributed by atoms with Crippen molar-refractivity contribution in [3.05, 3.63) is 38.9 Å². The van der Waals surface area contributed by atoms with Crippen molar-refractivity contribution in [3.8, 4) is 0 Å². The van der Waals surface area contributed by atoms with Crippen molar-refractivity contribution in [2.24, 2.45) is 0 Å². The van der Waals surface area contributed by atoms with Crippen LogP contribution >= 0.6 is 11.6 Å². The molecule has 13 heavy (non-hydrogen) atoms. The molecule has 0 aliphatic heterocycles. The van der Waals surface area contributed by atoms with E-state index in [4.69, 9.17) is 16.3 Å². The maximum absolute atomic E-state index is 10.5. The molecule has 0 spiro atoms. The molecule has 0 heterocycles. The normalized spacial score (nSPS) is 10.0. The van der Waals surface area contributed by atoms with E-state index in [9.17, 15) is 10.1 Å². The van der Waals surface area contributed by atoms with Crippen molar-refractivity contribution in [1.82, 2.24) is 0 Å². The van der Waals surface area contributed by atoms with E-state index in [1.54, 1.807) is 12.1 Å². The van der Waals surface area contributed by atoms with Crippen LogP contribution in [0, 0.1) is 10.1 Å². The first-order valence-corrected chi connectivity index (χ1v) is 3.94. The molecule has 0 aliphatic carbocycles. The summed E-state index contributed by atoms with van der Waals surface area (Å²) in [7, 11) is 1.48. The Labute approximate surface area is 80.2 Å². The summed E-state index contributed by atoms with van der Waals surface area (Å²) in [5.41, 5.74) is 0.520. The second kappa shape index (κ2) is 4.20. The third-order valence-corrected chi connectivity index (χ3v) is 1.78. The first-order valence-electron chi connectivity index (χ1n) is 3.57. The Morgan fingerprint density at radius 1 is 1.62 bits per heavy atom. The van der Waals surface area contributed by atoms with Gasteiger partial charge in [0.25, 0.3) is 5.69 Å². The number of rotatable bonds is 3. The average molecular weight is 202 g/mol. The van der Waals surface area contributed by atoms with E-state index in [0.29, 0.717) is 10.6 Å². The number of ether oxygens (including phenoxy) is 1. The molecule has 1 rings (SSSR count). The van der Waals surface area contributed by atoms with Gasteiger partial charge in [-0.1, -0.05) is 11.6 Å². The number of nitro groups is 1. The molecule has 0 aromatic heterocycles. The lowest BCUT2D eigenvalue weighted by atomic mass is 10.2. The van der Waals surface area contributed by atoms with Gasteiger partial charge in [0.15, 0.2) is 0 Å². The fraction of sp³-hybridized carbons (Fsp3) is 0.250. The lowest BCUT2D eigenvalue weighted by Crippen LogP contribution is -1.96. The van der Waals surface area contributed by atoms with E-state index in [2.05, 4.69) is 0 Å². The van der Waals surface area contributed by atoms with Crippen molar-refractivity contribution < 1.29 is 9.66 Å². The number of benzene rings is 1. The van der Waals surface area contributed by atoms with Gasteiger partial charge < -0.3 is 4.74 Å². The van der Waals surface area contributed by atoms with E-state index in [-0.39, 0.29) is 12.3 Å². The van der Waals surface area contributed by atoms with Crippen LogP contribution in [0.3, 0.4) is 0 Å². The van der Waals surface area contributed by atoms with Crippen LogP contribution in [-0.2, 0) is 11.3 Å². The molecule has 0 bridgehead atoms. The third kappa shape index (κ3) is 2.40. The van der Waals surface area contributed by atoms with Gasteiger partial charge in [0.05, 0.1) is 17.1 Å². The topological polar surface area (TPSA) is 52.4 Å². The smallest absolute Gasteiger partial charge is 0.276 e. The molecule has 0 N–H and O–H groups in total. The Morgan fingerprint density at radius 2 is 2.31 bits per heavy atom. The highest BCUT2D eigenvalue weighted by molar-refractivity contribution is 6.30. The highest BCUT2D eigenvalue weighted by atomic mass is 35.5. The predicted octanol–water partition coefficient (Wildman–Crippen LogP) is 2.39. The summed E-state index contributed by atoms with van der Waals surface area (Å²) in [6.07, 6.45) is 0. The van der Waals surface area contributed by atoms with Crippen LogP contribution in [0.5, 0.6) is 0 Å². The standard InChI is InChI=1S/C8H8ClNO3/c1-13-5-6-2-3-7(9)4-8(6)10(11)12/h2-4H,5H2,1H3. The van der Waals surface area contributed by atoms with Gasteiger partial charge in [-0.3, -0.25) is 10.1 Å². The van der Waals surface area contributed by atoms with Crippen LogP contribution in [0.25, 0.3) is 0 Å². The van der Waals surface area contributed by atoms with Crippen LogP contribution in [0.2, 0.25) is 5.02 Å². The zero-order chi connectivity index (χ0) is 9.84. The highest BCUT2D eigenvalue weighted by Crippen LogP contribution is 2.23. The van der Waals surface area contributed by atoms with Crippen molar-refractivity contribution in [3.63, 3.8) is 0 Å². The van der Waals surface area contributed by atoms with Crippen LogP contribution in [-0.4, -0.2) is 12.0 Å². The highest BCUT2D eigenvalue weighted by Gasteiger charge is 2.13. The summed E-state index contributed by atoms with van der Waals surface area (Å²) < 4.78 is 4.81. The second-order valence-electron chi connectivity index (χ2n) is 2.46. The van der Waals surface area contributed by atoms with Crippen molar-refractivity contribution >= 4 is 17.3 Å². The molecule has 0 saturated carbocycles. The van der Waals surface area contributed by atoms with Crippen LogP contribution < -0.4 is 0 Å². The average Bonchev–Trinajstić information content (AvgIpc) is 2.08. The minimum atomic E-state index is -0.472. The molecule has 1 aromatic carbocycles. The zero-order valence-corrected chi connectivity index (χ0v) is 7.75. The molecular weight excluding hydrogens is 194 g/mol. The maximum Gasteiger partial charge on any atom is 0.276 e. The van der Waals surface area contributed by atoms with E-state index in [1.807, 2.05) is 0 Å². The summed E-state index contributed by atoms with van der Waals surface area (Å²) in [5, 5.41) is 10.9. The molecule has 70 valence electrons. The van der Waals surface area contributed by atoms with Crippen molar-refractivity contribution in [1.29, 1.82) is 0 Å². The molecule has 0 aliphatic rings. The van der Waals surface area contributed by atoms with Crippen molar-refractivity contribution in [2.45, 2.75) is 6.61 Å². The van der Waals surface area contributed by atoms with Crippen LogP contribution in [0.1, 0.15) is 5.56 Å². The Hall–Kier alpha value is -1.13. The summed E-state index contributed by atoms with van der Waals surface area (Å²) in [6, 6.07) is 4.50. The summed E-state index contributed by atoms with van der Waals surface area (Å²) in [4.78, 5) is 10.1. The predicted molar refractivity (Wildman–Crippen MR) is 48.8 cm³/mol. The minimum Gasteiger partial charge on any atom is -0.380 e. The monoisotopic (exact) mass is 201 g/mol. The molecule has 0 fully saturated rings. The number of methoxy groups -OCH3 is 1. The molecule has 5 heteroatoms. The lowest BCUT2D eigenvalue weighted by molar-refractivity contribution is -0.385. The Morgan fingerprint density at radius 3 is 2.85 bits per heavy atom. The van der Waals surface area contributed by atoms with Gasteiger partial charge >= 0.3 is 0 Å². The number of hydrogen-bond donors (Lipinski definition) is 0. The largest absolute Gasteiger partial charge is 0.380 e. The number of halogens is 1. The molecule has 0 unspecified atom stereocenters. The van der Waals surface area contributed by atoms with E-state index >= 15 is 0 Å². The first kappa shape index (κ1) is 9.95. The van der Waals surface area contributed by atoms with E-state index in [1.165, 1.54) is 13.2 Å². The van der Waals surface area contributed by atoms with Gasteiger partial charge in [-0.2, -0.15) is 0 Å². The molecular formula is C8H8ClNO3. The number of nitrogens with zero attached hydrogens (tertiary/aromatic N) is 1. The Kier molecular flexibility index (Phi) is 3.22. The molecule has 0 saturated heterocycles. The minimum absolute atomic E-state index is 0.00523. The lowest BCUT2D eigenvalue weighted by Gasteiger charge is -2.01. The SMILES string of the molecule is COCc1ccc(Cl)cc1[N+](=O)[O-]. The summed E-state index contributed by atoms with van der Waals surface area (Å²) in [6.45, 7) is 0.216. The maximum atomic E-state index is 10.5. The Balaban J connectivity index is 3.10. The van der Waals surface area contributed by atoms with E-state index < -0.39 is 4.92 Å². The fourth-order valence-electron chi connectivity index (χ4n) is 0.985. The first-order chi connectivity index (χ1) is 6.15. The molecule has 0 radical (unpaired) electrons. The van der Waals surface area contributed by atoms with Crippen LogP contribution in [0.15, 0.2) is 18.2 Å². The summed E-state index contributed by atoms with van der Waals surface area (Å²) >= 11 is 5.62. The van der Waals surface area contributed by atoms with Crippen molar-refractivity contribution in [2.75, 3.05) is 7.11 Å². The fourth-order valence-corrected chi connectivity index (χ4v) is 1.15.